The van der Waals surface area contributed by atoms with E-state index in [0.29, 0.717) is 11.1 Å². The molecule has 0 heterocycles. The molecule has 2 N–H and O–H groups in total. The number of amides is 1. The molecule has 0 aliphatic rings. The molecule has 35 heavy (non-hydrogen) atoms. The highest BCUT2D eigenvalue weighted by Crippen LogP contribution is 2.18. The molecule has 0 saturated heterocycles. The molecule has 0 aliphatic heterocycles. The Morgan fingerprint density at radius 1 is 0.771 bits per heavy atom. The summed E-state index contributed by atoms with van der Waals surface area (Å²) < 4.78 is 24.4. The highest BCUT2D eigenvalue weighted by Gasteiger charge is 2.41. The molecule has 9 heteroatoms. The highest BCUT2D eigenvalue weighted by atomic mass is 19.1. The Morgan fingerprint density at radius 2 is 1.29 bits per heavy atom. The molecule has 0 saturated carbocycles. The molecule has 3 aromatic rings. The Morgan fingerprint density at radius 3 is 1.77 bits per heavy atom. The van der Waals surface area contributed by atoms with Crippen LogP contribution in [0.3, 0.4) is 0 Å². The lowest BCUT2D eigenvalue weighted by molar-refractivity contribution is -0.157. The second-order valence-corrected chi connectivity index (χ2v) is 7.70. The number of benzene rings is 3. The Labute approximate surface area is 200 Å². The van der Waals surface area contributed by atoms with E-state index in [1.165, 1.54) is 42.5 Å². The van der Waals surface area contributed by atoms with E-state index in [1.807, 2.05) is 0 Å². The molecule has 0 unspecified atom stereocenters. The summed E-state index contributed by atoms with van der Waals surface area (Å²) in [5.41, 5.74) is 1.24. The van der Waals surface area contributed by atoms with Gasteiger partial charge in [0.05, 0.1) is 16.8 Å². The predicted octanol–water partition coefficient (Wildman–Crippen LogP) is 3.92. The van der Waals surface area contributed by atoms with Crippen LogP contribution < -0.4 is 5.32 Å². The average Bonchev–Trinajstić information content (AvgIpc) is 2.82. The van der Waals surface area contributed by atoms with Crippen molar-refractivity contribution in [3.05, 3.63) is 101 Å². The SMILES string of the molecule is Cc1cccc(C(=O)O[C@@H](C(=O)O)[C@@H](OC(=O)c2cccc(C)c2)C(=O)Nc2ccccc2F)c1. The molecule has 0 aromatic heterocycles. The fraction of sp³-hybridized carbons (Fsp3) is 0.154. The third kappa shape index (κ3) is 6.50. The highest BCUT2D eigenvalue weighted by molar-refractivity contribution is 6.01. The number of esters is 2. The molecule has 180 valence electrons. The molecular weight excluding hydrogens is 457 g/mol. The number of carbonyl (C=O) groups is 4. The van der Waals surface area contributed by atoms with Crippen LogP contribution in [0, 0.1) is 19.7 Å². The van der Waals surface area contributed by atoms with Crippen molar-refractivity contribution in [1.29, 1.82) is 0 Å². The van der Waals surface area contributed by atoms with Crippen molar-refractivity contribution >= 4 is 29.5 Å². The van der Waals surface area contributed by atoms with Gasteiger partial charge in [-0.15, -0.1) is 0 Å². The zero-order valence-electron chi connectivity index (χ0n) is 18.9. The minimum atomic E-state index is -2.22. The molecule has 8 nitrogen and oxygen atoms in total. The number of hydrogen-bond acceptors (Lipinski definition) is 6. The quantitative estimate of drug-likeness (QED) is 0.470. The first-order valence-electron chi connectivity index (χ1n) is 10.5. The van der Waals surface area contributed by atoms with Crippen molar-refractivity contribution in [2.24, 2.45) is 0 Å². The summed E-state index contributed by atoms with van der Waals surface area (Å²) in [5.74, 6) is -5.80. The molecule has 0 bridgehead atoms. The van der Waals surface area contributed by atoms with Crippen LogP contribution in [0.5, 0.6) is 0 Å². The van der Waals surface area contributed by atoms with Gasteiger partial charge in [-0.2, -0.15) is 0 Å². The van der Waals surface area contributed by atoms with Gasteiger partial charge < -0.3 is 19.9 Å². The predicted molar refractivity (Wildman–Crippen MR) is 123 cm³/mol. The van der Waals surface area contributed by atoms with Crippen molar-refractivity contribution in [2.75, 3.05) is 5.32 Å². The summed E-state index contributed by atoms with van der Waals surface area (Å²) in [6.45, 7) is 3.45. The van der Waals surface area contributed by atoms with Gasteiger partial charge in [-0.05, 0) is 50.2 Å². The number of anilines is 1. The number of aryl methyl sites for hydroxylation is 2. The normalized spacial score (nSPS) is 12.2. The summed E-state index contributed by atoms with van der Waals surface area (Å²) in [6.07, 6.45) is -4.35. The minimum Gasteiger partial charge on any atom is -0.478 e. The molecular formula is C26H22FNO7. The second kappa shape index (κ2) is 11.1. The van der Waals surface area contributed by atoms with Crippen LogP contribution in [0.2, 0.25) is 0 Å². The number of nitrogens with one attached hydrogen (secondary N) is 1. The number of hydrogen-bond donors (Lipinski definition) is 2. The van der Waals surface area contributed by atoms with Crippen molar-refractivity contribution in [1.82, 2.24) is 0 Å². The summed E-state index contributed by atoms with van der Waals surface area (Å²) in [7, 11) is 0. The lowest BCUT2D eigenvalue weighted by Gasteiger charge is -2.23. The van der Waals surface area contributed by atoms with E-state index in [-0.39, 0.29) is 16.8 Å². The molecule has 0 radical (unpaired) electrons. The summed E-state index contributed by atoms with van der Waals surface area (Å²) in [4.78, 5) is 50.4. The fourth-order valence-electron chi connectivity index (χ4n) is 3.17. The third-order valence-corrected chi connectivity index (χ3v) is 4.88. The second-order valence-electron chi connectivity index (χ2n) is 7.70. The number of carboxylic acid groups (broad SMARTS) is 1. The first-order valence-corrected chi connectivity index (χ1v) is 10.5. The van der Waals surface area contributed by atoms with Gasteiger partial charge in [-0.3, -0.25) is 4.79 Å². The Kier molecular flexibility index (Phi) is 7.93. The third-order valence-electron chi connectivity index (χ3n) is 4.88. The summed E-state index contributed by atoms with van der Waals surface area (Å²) >= 11 is 0. The van der Waals surface area contributed by atoms with E-state index in [2.05, 4.69) is 5.32 Å². The first kappa shape index (κ1) is 25.1. The lowest BCUT2D eigenvalue weighted by Crippen LogP contribution is -2.48. The Balaban J connectivity index is 1.93. The van der Waals surface area contributed by atoms with Crippen LogP contribution >= 0.6 is 0 Å². The van der Waals surface area contributed by atoms with E-state index < -0.39 is 41.8 Å². The summed E-state index contributed by atoms with van der Waals surface area (Å²) in [6, 6.07) is 17.5. The zero-order valence-corrected chi connectivity index (χ0v) is 18.9. The van der Waals surface area contributed by atoms with E-state index in [1.54, 1.807) is 38.1 Å². The van der Waals surface area contributed by atoms with Gasteiger partial charge in [0.15, 0.2) is 0 Å². The van der Waals surface area contributed by atoms with Crippen LogP contribution in [0.4, 0.5) is 10.1 Å². The lowest BCUT2D eigenvalue weighted by atomic mass is 10.1. The van der Waals surface area contributed by atoms with Crippen LogP contribution in [0.1, 0.15) is 31.8 Å². The van der Waals surface area contributed by atoms with E-state index in [0.717, 1.165) is 6.07 Å². The van der Waals surface area contributed by atoms with Crippen LogP contribution in [-0.2, 0) is 19.1 Å². The number of aliphatic carboxylic acids is 1. The van der Waals surface area contributed by atoms with Crippen LogP contribution in [-0.4, -0.2) is 41.1 Å². The van der Waals surface area contributed by atoms with E-state index in [4.69, 9.17) is 9.47 Å². The molecule has 0 fully saturated rings. The monoisotopic (exact) mass is 479 g/mol. The standard InChI is InChI=1S/C26H22FNO7/c1-15-7-5-9-17(13-15)25(32)34-21(23(29)28-20-12-4-3-11-19(20)27)22(24(30)31)35-26(33)18-10-6-8-16(2)14-18/h3-14,21-22H,1-2H3,(H,28,29)(H,30,31)/t21-,22-/m1/s1. The van der Waals surface area contributed by atoms with Gasteiger partial charge >= 0.3 is 17.9 Å². The van der Waals surface area contributed by atoms with Gasteiger partial charge in [-0.25, -0.2) is 18.8 Å². The van der Waals surface area contributed by atoms with E-state index in [9.17, 15) is 28.7 Å². The van der Waals surface area contributed by atoms with E-state index >= 15 is 0 Å². The largest absolute Gasteiger partial charge is 0.478 e. The first-order chi connectivity index (χ1) is 16.7. The van der Waals surface area contributed by atoms with Crippen molar-refractivity contribution < 1.29 is 38.1 Å². The molecule has 0 spiro atoms. The van der Waals surface area contributed by atoms with Gasteiger partial charge in [0.25, 0.3) is 5.91 Å². The molecule has 3 rings (SSSR count). The smallest absolute Gasteiger partial charge is 0.349 e. The number of rotatable bonds is 8. The van der Waals surface area contributed by atoms with Crippen molar-refractivity contribution in [3.63, 3.8) is 0 Å². The maximum atomic E-state index is 14.1. The molecule has 2 atom stereocenters. The Bertz CT molecular complexity index is 1270. The van der Waals surface area contributed by atoms with Gasteiger partial charge in [0.2, 0.25) is 12.2 Å². The number of halogens is 1. The van der Waals surface area contributed by atoms with Gasteiger partial charge in [-0.1, -0.05) is 47.5 Å². The minimum absolute atomic E-state index is 0.0366. The molecule has 0 aliphatic carbocycles. The molecule has 3 aromatic carbocycles. The average molecular weight is 479 g/mol. The maximum Gasteiger partial charge on any atom is 0.349 e. The Hall–Kier alpha value is -4.53. The van der Waals surface area contributed by atoms with Crippen LogP contribution in [0.15, 0.2) is 72.8 Å². The number of carbonyl (C=O) groups excluding carboxylic acids is 3. The number of ether oxygens (including phenoxy) is 2. The number of para-hydroxylation sites is 1. The molecule has 1 amide bonds. The number of carboxylic acids is 1. The summed E-state index contributed by atoms with van der Waals surface area (Å²) in [5, 5.41) is 12.0. The topological polar surface area (TPSA) is 119 Å². The zero-order chi connectivity index (χ0) is 25.5. The van der Waals surface area contributed by atoms with Gasteiger partial charge in [0, 0.05) is 0 Å². The van der Waals surface area contributed by atoms with Crippen LogP contribution in [0.25, 0.3) is 0 Å². The van der Waals surface area contributed by atoms with Gasteiger partial charge in [0.1, 0.15) is 5.82 Å². The maximum absolute atomic E-state index is 14.1. The van der Waals surface area contributed by atoms with Crippen molar-refractivity contribution in [3.8, 4) is 0 Å². The fourth-order valence-corrected chi connectivity index (χ4v) is 3.17. The van der Waals surface area contributed by atoms with Crippen molar-refractivity contribution in [2.45, 2.75) is 26.1 Å².